The Kier molecular flexibility index (Phi) is 5.17. The van der Waals surface area contributed by atoms with Gasteiger partial charge in [0.25, 0.3) is 0 Å². The van der Waals surface area contributed by atoms with Gasteiger partial charge in [0, 0.05) is 32.7 Å². The molecule has 2 rings (SSSR count). The normalized spacial score (nSPS) is 18.6. The van der Waals surface area contributed by atoms with E-state index in [4.69, 9.17) is 0 Å². The molecular weight excluding hydrogens is 289 g/mol. The van der Waals surface area contributed by atoms with Crippen molar-refractivity contribution in [2.45, 2.75) is 38.9 Å². The third-order valence-electron chi connectivity index (χ3n) is 4.07. The second kappa shape index (κ2) is 6.59. The lowest BCUT2D eigenvalue weighted by molar-refractivity contribution is -0.149. The molecule has 0 aliphatic carbocycles. The number of hydrogen-bond donors (Lipinski definition) is 0. The predicted molar refractivity (Wildman–Crippen MR) is 82.9 cm³/mol. The second-order valence-electron chi connectivity index (χ2n) is 7.12. The molecule has 22 heavy (non-hydrogen) atoms. The van der Waals surface area contributed by atoms with Gasteiger partial charge in [-0.3, -0.25) is 9.80 Å². The molecule has 1 fully saturated rings. The van der Waals surface area contributed by atoms with Gasteiger partial charge in [-0.25, -0.2) is 0 Å². The summed E-state index contributed by atoms with van der Waals surface area (Å²) in [5.41, 5.74) is 2.64. The van der Waals surface area contributed by atoms with Gasteiger partial charge in [0.1, 0.15) is 0 Å². The molecule has 0 N–H and O–H groups in total. The SMILES string of the molecule is CC(C)(C)c1cccc(CN2CCN(CC(F)(F)F)CC2)c1. The van der Waals surface area contributed by atoms with Crippen LogP contribution < -0.4 is 0 Å². The number of rotatable bonds is 3. The van der Waals surface area contributed by atoms with Crippen LogP contribution in [0.3, 0.4) is 0 Å². The molecule has 1 aliphatic heterocycles. The van der Waals surface area contributed by atoms with Crippen molar-refractivity contribution >= 4 is 0 Å². The van der Waals surface area contributed by atoms with Gasteiger partial charge in [-0.05, 0) is 16.5 Å². The van der Waals surface area contributed by atoms with E-state index in [2.05, 4.69) is 49.9 Å². The number of nitrogens with zero attached hydrogens (tertiary/aromatic N) is 2. The van der Waals surface area contributed by atoms with Crippen molar-refractivity contribution in [1.29, 1.82) is 0 Å². The fourth-order valence-electron chi connectivity index (χ4n) is 2.75. The Morgan fingerprint density at radius 3 is 2.09 bits per heavy atom. The van der Waals surface area contributed by atoms with Gasteiger partial charge in [-0.2, -0.15) is 13.2 Å². The molecule has 0 spiro atoms. The number of alkyl halides is 3. The van der Waals surface area contributed by atoms with E-state index in [1.807, 2.05) is 0 Å². The minimum atomic E-state index is -4.09. The summed E-state index contributed by atoms with van der Waals surface area (Å²) < 4.78 is 37.2. The summed E-state index contributed by atoms with van der Waals surface area (Å²) in [6.07, 6.45) is -4.09. The van der Waals surface area contributed by atoms with Gasteiger partial charge in [-0.1, -0.05) is 45.0 Å². The van der Waals surface area contributed by atoms with Crippen LogP contribution in [0.5, 0.6) is 0 Å². The maximum Gasteiger partial charge on any atom is 0.401 e. The van der Waals surface area contributed by atoms with Crippen molar-refractivity contribution in [1.82, 2.24) is 9.80 Å². The molecular formula is C17H25F3N2. The van der Waals surface area contributed by atoms with Crippen molar-refractivity contribution in [2.75, 3.05) is 32.7 Å². The van der Waals surface area contributed by atoms with Gasteiger partial charge in [-0.15, -0.1) is 0 Å². The molecule has 1 aromatic rings. The van der Waals surface area contributed by atoms with Crippen molar-refractivity contribution in [3.63, 3.8) is 0 Å². The van der Waals surface area contributed by atoms with Crippen molar-refractivity contribution in [3.05, 3.63) is 35.4 Å². The summed E-state index contributed by atoms with van der Waals surface area (Å²) in [5.74, 6) is 0. The lowest BCUT2D eigenvalue weighted by atomic mass is 9.86. The molecule has 1 aromatic carbocycles. The molecule has 0 bridgehead atoms. The zero-order valence-electron chi connectivity index (χ0n) is 13.6. The number of halogens is 3. The number of hydrogen-bond acceptors (Lipinski definition) is 2. The fourth-order valence-corrected chi connectivity index (χ4v) is 2.75. The molecule has 2 nitrogen and oxygen atoms in total. The van der Waals surface area contributed by atoms with Crippen LogP contribution in [0.2, 0.25) is 0 Å². The zero-order chi connectivity index (χ0) is 16.4. The van der Waals surface area contributed by atoms with E-state index in [0.29, 0.717) is 26.2 Å². The maximum atomic E-state index is 12.4. The molecule has 5 heteroatoms. The minimum absolute atomic E-state index is 0.113. The van der Waals surface area contributed by atoms with Crippen molar-refractivity contribution in [3.8, 4) is 0 Å². The average Bonchev–Trinajstić information content (AvgIpc) is 2.39. The van der Waals surface area contributed by atoms with Gasteiger partial charge in [0.15, 0.2) is 0 Å². The van der Waals surface area contributed by atoms with Crippen LogP contribution in [0.4, 0.5) is 13.2 Å². The van der Waals surface area contributed by atoms with Gasteiger partial charge >= 0.3 is 6.18 Å². The van der Waals surface area contributed by atoms with E-state index in [1.165, 1.54) is 16.0 Å². The highest BCUT2D eigenvalue weighted by atomic mass is 19.4. The largest absolute Gasteiger partial charge is 0.401 e. The third kappa shape index (κ3) is 5.29. The van der Waals surface area contributed by atoms with Crippen LogP contribution in [0.1, 0.15) is 31.9 Å². The van der Waals surface area contributed by atoms with Gasteiger partial charge < -0.3 is 0 Å². The predicted octanol–water partition coefficient (Wildman–Crippen LogP) is 3.66. The molecule has 0 aromatic heterocycles. The molecule has 0 unspecified atom stereocenters. The molecule has 0 atom stereocenters. The lowest BCUT2D eigenvalue weighted by Gasteiger charge is -2.35. The smallest absolute Gasteiger partial charge is 0.297 e. The Morgan fingerprint density at radius 2 is 1.55 bits per heavy atom. The number of piperazine rings is 1. The monoisotopic (exact) mass is 314 g/mol. The Morgan fingerprint density at radius 1 is 0.955 bits per heavy atom. The molecule has 1 heterocycles. The summed E-state index contributed by atoms with van der Waals surface area (Å²) >= 11 is 0. The lowest BCUT2D eigenvalue weighted by Crippen LogP contribution is -2.48. The highest BCUT2D eigenvalue weighted by molar-refractivity contribution is 5.28. The summed E-state index contributed by atoms with van der Waals surface area (Å²) in [5, 5.41) is 0. The first-order valence-corrected chi connectivity index (χ1v) is 7.74. The molecule has 0 saturated carbocycles. The minimum Gasteiger partial charge on any atom is -0.297 e. The Bertz CT molecular complexity index is 483. The van der Waals surface area contributed by atoms with Crippen molar-refractivity contribution in [2.24, 2.45) is 0 Å². The van der Waals surface area contributed by atoms with Crippen LogP contribution in [-0.4, -0.2) is 48.7 Å². The van der Waals surface area contributed by atoms with Crippen LogP contribution in [0.15, 0.2) is 24.3 Å². The first kappa shape index (κ1) is 17.3. The summed E-state index contributed by atoms with van der Waals surface area (Å²) in [7, 11) is 0. The van der Waals surface area contributed by atoms with Gasteiger partial charge in [0.2, 0.25) is 0 Å². The van der Waals surface area contributed by atoms with E-state index in [0.717, 1.165) is 6.54 Å². The summed E-state index contributed by atoms with van der Waals surface area (Å²) in [4.78, 5) is 3.72. The Labute approximate surface area is 130 Å². The van der Waals surface area contributed by atoms with E-state index in [-0.39, 0.29) is 5.41 Å². The van der Waals surface area contributed by atoms with Gasteiger partial charge in [0.05, 0.1) is 6.54 Å². The van der Waals surface area contributed by atoms with E-state index in [9.17, 15) is 13.2 Å². The Balaban J connectivity index is 1.89. The third-order valence-corrected chi connectivity index (χ3v) is 4.07. The molecule has 0 amide bonds. The maximum absolute atomic E-state index is 12.4. The fraction of sp³-hybridized carbons (Fsp3) is 0.647. The molecule has 1 aliphatic rings. The molecule has 1 saturated heterocycles. The summed E-state index contributed by atoms with van der Waals surface area (Å²) in [6, 6.07) is 8.50. The topological polar surface area (TPSA) is 6.48 Å². The van der Waals surface area contributed by atoms with Crippen LogP contribution in [0.25, 0.3) is 0 Å². The highest BCUT2D eigenvalue weighted by Gasteiger charge is 2.32. The zero-order valence-corrected chi connectivity index (χ0v) is 13.6. The van der Waals surface area contributed by atoms with Crippen molar-refractivity contribution < 1.29 is 13.2 Å². The Hall–Kier alpha value is -1.07. The van der Waals surface area contributed by atoms with Crippen LogP contribution >= 0.6 is 0 Å². The first-order valence-electron chi connectivity index (χ1n) is 7.74. The molecule has 0 radical (unpaired) electrons. The standard InChI is InChI=1S/C17H25F3N2/c1-16(2,3)15-6-4-5-14(11-15)12-21-7-9-22(10-8-21)13-17(18,19)20/h4-6,11H,7-10,12-13H2,1-3H3. The highest BCUT2D eigenvalue weighted by Crippen LogP contribution is 2.23. The average molecular weight is 314 g/mol. The van der Waals surface area contributed by atoms with Crippen LogP contribution in [-0.2, 0) is 12.0 Å². The molecule has 124 valence electrons. The quantitative estimate of drug-likeness (QED) is 0.840. The van der Waals surface area contributed by atoms with E-state index >= 15 is 0 Å². The van der Waals surface area contributed by atoms with Crippen LogP contribution in [0, 0.1) is 0 Å². The number of benzene rings is 1. The van der Waals surface area contributed by atoms with E-state index in [1.54, 1.807) is 0 Å². The first-order chi connectivity index (χ1) is 10.1. The summed E-state index contributed by atoms with van der Waals surface area (Å²) in [6.45, 7) is 8.92. The second-order valence-corrected chi connectivity index (χ2v) is 7.12. The van der Waals surface area contributed by atoms with E-state index < -0.39 is 12.7 Å².